The summed E-state index contributed by atoms with van der Waals surface area (Å²) in [6, 6.07) is 4.68. The number of rotatable bonds is 7. The molecule has 2 aromatic rings. The standard InChI is InChI=1S/C13H17N3O4/c1-19-9-10(8-17)15-13(18)12-4-3-11(20-12)7-16-6-2-5-14-16/h2-6,10,17H,7-9H2,1H3,(H,15,18). The second kappa shape index (κ2) is 6.88. The number of hydrogen-bond acceptors (Lipinski definition) is 5. The van der Waals surface area contributed by atoms with Crippen molar-refractivity contribution in [3.8, 4) is 0 Å². The number of ether oxygens (including phenoxy) is 1. The molecule has 0 spiro atoms. The lowest BCUT2D eigenvalue weighted by Crippen LogP contribution is -2.40. The quantitative estimate of drug-likeness (QED) is 0.759. The molecule has 0 fully saturated rings. The van der Waals surface area contributed by atoms with E-state index in [0.717, 1.165) is 0 Å². The Morgan fingerprint density at radius 1 is 1.60 bits per heavy atom. The predicted molar refractivity (Wildman–Crippen MR) is 70.3 cm³/mol. The largest absolute Gasteiger partial charge is 0.454 e. The molecule has 0 bridgehead atoms. The van der Waals surface area contributed by atoms with E-state index in [0.29, 0.717) is 12.3 Å². The first-order valence-corrected chi connectivity index (χ1v) is 6.19. The van der Waals surface area contributed by atoms with Gasteiger partial charge < -0.3 is 19.6 Å². The number of aliphatic hydroxyl groups excluding tert-OH is 1. The fourth-order valence-corrected chi connectivity index (χ4v) is 1.74. The third kappa shape index (κ3) is 3.69. The zero-order valence-corrected chi connectivity index (χ0v) is 11.2. The van der Waals surface area contributed by atoms with Crippen molar-refractivity contribution in [1.29, 1.82) is 0 Å². The fourth-order valence-electron chi connectivity index (χ4n) is 1.74. The summed E-state index contributed by atoms with van der Waals surface area (Å²) in [5.74, 6) is 0.445. The Kier molecular flexibility index (Phi) is 4.91. The van der Waals surface area contributed by atoms with E-state index < -0.39 is 6.04 Å². The van der Waals surface area contributed by atoms with Crippen molar-refractivity contribution in [1.82, 2.24) is 15.1 Å². The molecule has 1 unspecified atom stereocenters. The molecule has 0 saturated carbocycles. The highest BCUT2D eigenvalue weighted by Gasteiger charge is 2.16. The van der Waals surface area contributed by atoms with Crippen LogP contribution in [0.3, 0.4) is 0 Å². The number of furan rings is 1. The molecular weight excluding hydrogens is 262 g/mol. The van der Waals surface area contributed by atoms with E-state index >= 15 is 0 Å². The molecule has 2 rings (SSSR count). The van der Waals surface area contributed by atoms with Gasteiger partial charge in [-0.1, -0.05) is 0 Å². The summed E-state index contributed by atoms with van der Waals surface area (Å²) in [6.45, 7) is 0.505. The van der Waals surface area contributed by atoms with Crippen molar-refractivity contribution in [2.75, 3.05) is 20.3 Å². The van der Waals surface area contributed by atoms with Gasteiger partial charge in [0, 0.05) is 19.5 Å². The molecule has 2 N–H and O–H groups in total. The molecule has 2 aromatic heterocycles. The Morgan fingerprint density at radius 2 is 2.45 bits per heavy atom. The molecule has 1 amide bonds. The summed E-state index contributed by atoms with van der Waals surface area (Å²) < 4.78 is 12.0. The first-order chi connectivity index (χ1) is 9.72. The first-order valence-electron chi connectivity index (χ1n) is 6.19. The maximum atomic E-state index is 11.9. The Labute approximate surface area is 116 Å². The van der Waals surface area contributed by atoms with Crippen LogP contribution in [-0.2, 0) is 11.3 Å². The minimum absolute atomic E-state index is 0.194. The number of aromatic nitrogens is 2. The molecule has 0 radical (unpaired) electrons. The Morgan fingerprint density at radius 3 is 3.10 bits per heavy atom. The van der Waals surface area contributed by atoms with Crippen molar-refractivity contribution >= 4 is 5.91 Å². The van der Waals surface area contributed by atoms with Gasteiger partial charge in [-0.3, -0.25) is 9.48 Å². The highest BCUT2D eigenvalue weighted by atomic mass is 16.5. The summed E-state index contributed by atoms with van der Waals surface area (Å²) in [5.41, 5.74) is 0. The second-order valence-electron chi connectivity index (χ2n) is 4.28. The zero-order chi connectivity index (χ0) is 14.4. The highest BCUT2D eigenvalue weighted by molar-refractivity contribution is 5.91. The monoisotopic (exact) mass is 279 g/mol. The van der Waals surface area contributed by atoms with E-state index in [2.05, 4.69) is 10.4 Å². The van der Waals surface area contributed by atoms with E-state index in [1.54, 1.807) is 23.0 Å². The second-order valence-corrected chi connectivity index (χ2v) is 4.28. The van der Waals surface area contributed by atoms with Gasteiger partial charge >= 0.3 is 0 Å². The smallest absolute Gasteiger partial charge is 0.287 e. The van der Waals surface area contributed by atoms with Crippen molar-refractivity contribution in [3.63, 3.8) is 0 Å². The number of carbonyl (C=O) groups excluding carboxylic acids is 1. The van der Waals surface area contributed by atoms with Crippen molar-refractivity contribution in [2.45, 2.75) is 12.6 Å². The van der Waals surface area contributed by atoms with Gasteiger partial charge in [-0.25, -0.2) is 0 Å². The highest BCUT2D eigenvalue weighted by Crippen LogP contribution is 2.09. The summed E-state index contributed by atoms with van der Waals surface area (Å²) in [4.78, 5) is 11.9. The lowest BCUT2D eigenvalue weighted by atomic mass is 10.3. The topological polar surface area (TPSA) is 89.5 Å². The molecule has 0 aliphatic carbocycles. The summed E-state index contributed by atoms with van der Waals surface area (Å²) in [5, 5.41) is 15.8. The first kappa shape index (κ1) is 14.3. The van der Waals surface area contributed by atoms with Crippen LogP contribution in [0.15, 0.2) is 35.0 Å². The SMILES string of the molecule is COCC(CO)NC(=O)c1ccc(Cn2cccn2)o1. The van der Waals surface area contributed by atoms with Gasteiger partial charge in [-0.15, -0.1) is 0 Å². The van der Waals surface area contributed by atoms with Crippen LogP contribution < -0.4 is 5.32 Å². The normalized spacial score (nSPS) is 12.3. The molecular formula is C13H17N3O4. The Hall–Kier alpha value is -2.12. The van der Waals surface area contributed by atoms with Gasteiger partial charge in [0.2, 0.25) is 0 Å². The average Bonchev–Trinajstić information content (AvgIpc) is 3.10. The number of carbonyl (C=O) groups is 1. The molecule has 0 aliphatic rings. The number of hydrogen-bond donors (Lipinski definition) is 2. The number of nitrogens with one attached hydrogen (secondary N) is 1. The molecule has 7 heteroatoms. The third-order valence-electron chi connectivity index (χ3n) is 2.69. The van der Waals surface area contributed by atoms with Crippen LogP contribution in [-0.4, -0.2) is 47.2 Å². The van der Waals surface area contributed by atoms with Crippen LogP contribution in [0.4, 0.5) is 0 Å². The van der Waals surface area contributed by atoms with Gasteiger partial charge in [-0.2, -0.15) is 5.10 Å². The maximum Gasteiger partial charge on any atom is 0.287 e. The van der Waals surface area contributed by atoms with Crippen molar-refractivity contribution < 1.29 is 19.1 Å². The van der Waals surface area contributed by atoms with Crippen LogP contribution in [0, 0.1) is 0 Å². The summed E-state index contributed by atoms with van der Waals surface area (Å²) >= 11 is 0. The van der Waals surface area contributed by atoms with E-state index in [1.807, 2.05) is 12.3 Å². The molecule has 2 heterocycles. The van der Waals surface area contributed by atoms with Crippen LogP contribution in [0.5, 0.6) is 0 Å². The average molecular weight is 279 g/mol. The minimum Gasteiger partial charge on any atom is -0.454 e. The molecule has 7 nitrogen and oxygen atoms in total. The van der Waals surface area contributed by atoms with Crippen LogP contribution in [0.2, 0.25) is 0 Å². The van der Waals surface area contributed by atoms with E-state index in [-0.39, 0.29) is 24.9 Å². The molecule has 108 valence electrons. The molecule has 0 saturated heterocycles. The number of aliphatic hydroxyl groups is 1. The fraction of sp³-hybridized carbons (Fsp3) is 0.385. The Balaban J connectivity index is 1.95. The number of amides is 1. The van der Waals surface area contributed by atoms with E-state index in [9.17, 15) is 4.79 Å². The maximum absolute atomic E-state index is 11.9. The minimum atomic E-state index is -0.452. The van der Waals surface area contributed by atoms with Crippen LogP contribution in [0.1, 0.15) is 16.3 Å². The van der Waals surface area contributed by atoms with Crippen molar-refractivity contribution in [3.05, 3.63) is 42.1 Å². The van der Waals surface area contributed by atoms with Gasteiger partial charge in [-0.05, 0) is 18.2 Å². The van der Waals surface area contributed by atoms with Gasteiger partial charge in [0.15, 0.2) is 5.76 Å². The lowest BCUT2D eigenvalue weighted by molar-refractivity contribution is 0.0812. The molecule has 1 atom stereocenters. The summed E-state index contributed by atoms with van der Waals surface area (Å²) in [6.07, 6.45) is 3.48. The van der Waals surface area contributed by atoms with Gasteiger partial charge in [0.25, 0.3) is 5.91 Å². The number of methoxy groups -OCH3 is 1. The Bertz CT molecular complexity index is 536. The molecule has 0 aliphatic heterocycles. The number of nitrogens with zero attached hydrogens (tertiary/aromatic N) is 2. The van der Waals surface area contributed by atoms with Crippen molar-refractivity contribution in [2.24, 2.45) is 0 Å². The summed E-state index contributed by atoms with van der Waals surface area (Å²) in [7, 11) is 1.50. The molecule has 20 heavy (non-hydrogen) atoms. The van der Waals surface area contributed by atoms with Gasteiger partial charge in [0.05, 0.1) is 25.8 Å². The third-order valence-corrected chi connectivity index (χ3v) is 2.69. The van der Waals surface area contributed by atoms with E-state index in [1.165, 1.54) is 7.11 Å². The van der Waals surface area contributed by atoms with Crippen LogP contribution in [0.25, 0.3) is 0 Å². The lowest BCUT2D eigenvalue weighted by Gasteiger charge is -2.13. The predicted octanol–water partition coefficient (Wildman–Crippen LogP) is 0.261. The van der Waals surface area contributed by atoms with Crippen LogP contribution >= 0.6 is 0 Å². The zero-order valence-electron chi connectivity index (χ0n) is 11.2. The van der Waals surface area contributed by atoms with Gasteiger partial charge in [0.1, 0.15) is 5.76 Å². The molecule has 0 aromatic carbocycles. The van der Waals surface area contributed by atoms with E-state index in [4.69, 9.17) is 14.3 Å².